The van der Waals surface area contributed by atoms with Crippen molar-refractivity contribution in [1.82, 2.24) is 9.21 Å². The number of piperazine rings is 1. The van der Waals surface area contributed by atoms with Crippen molar-refractivity contribution in [1.29, 1.82) is 0 Å². The van der Waals surface area contributed by atoms with Crippen LogP contribution >= 0.6 is 0 Å². The van der Waals surface area contributed by atoms with E-state index in [2.05, 4.69) is 11.8 Å². The Morgan fingerprint density at radius 2 is 1.68 bits per heavy atom. The number of rotatable bonds is 3. The largest absolute Gasteiger partial charge is 0.298 e. The van der Waals surface area contributed by atoms with E-state index in [9.17, 15) is 8.42 Å². The summed E-state index contributed by atoms with van der Waals surface area (Å²) >= 11 is 0. The van der Waals surface area contributed by atoms with Gasteiger partial charge >= 0.3 is 0 Å². The third kappa shape index (κ3) is 3.36. The second-order valence-electron chi connectivity index (χ2n) is 6.68. The van der Waals surface area contributed by atoms with Gasteiger partial charge in [0.1, 0.15) is 0 Å². The van der Waals surface area contributed by atoms with E-state index in [4.69, 9.17) is 0 Å². The van der Waals surface area contributed by atoms with E-state index in [0.29, 0.717) is 24.0 Å². The molecule has 1 heterocycles. The lowest BCUT2D eigenvalue weighted by atomic mass is 9.86. The molecular formula is C17H26N2O2S. The van der Waals surface area contributed by atoms with Crippen LogP contribution in [0.25, 0.3) is 0 Å². The van der Waals surface area contributed by atoms with Crippen LogP contribution in [0.4, 0.5) is 0 Å². The van der Waals surface area contributed by atoms with Crippen LogP contribution in [0, 0.1) is 5.92 Å². The Morgan fingerprint density at radius 1 is 1.00 bits per heavy atom. The molecule has 122 valence electrons. The fraction of sp³-hybridized carbons (Fsp3) is 0.647. The predicted molar refractivity (Wildman–Crippen MR) is 88.2 cm³/mol. The molecule has 5 heteroatoms. The first-order valence-corrected chi connectivity index (χ1v) is 9.80. The lowest BCUT2D eigenvalue weighted by molar-refractivity contribution is 0.0967. The molecule has 0 bridgehead atoms. The van der Waals surface area contributed by atoms with Gasteiger partial charge in [0, 0.05) is 32.2 Å². The monoisotopic (exact) mass is 322 g/mol. The molecule has 4 nitrogen and oxygen atoms in total. The van der Waals surface area contributed by atoms with E-state index in [1.807, 2.05) is 6.07 Å². The van der Waals surface area contributed by atoms with Crippen LogP contribution in [0.2, 0.25) is 0 Å². The minimum absolute atomic E-state index is 0.412. The van der Waals surface area contributed by atoms with Crippen molar-refractivity contribution in [3.8, 4) is 0 Å². The molecular weight excluding hydrogens is 296 g/mol. The topological polar surface area (TPSA) is 40.6 Å². The molecule has 1 aliphatic heterocycles. The molecule has 0 unspecified atom stereocenters. The standard InChI is InChI=1S/C17H26N2O2S/c1-15-6-5-7-16(14-15)18-10-12-19(13-11-18)22(20,21)17-8-3-2-4-9-17/h2-4,8-9,15-16H,5-7,10-14H2,1H3/t15-,16-/m1/s1. The third-order valence-electron chi connectivity index (χ3n) is 5.08. The van der Waals surface area contributed by atoms with Crippen molar-refractivity contribution in [2.75, 3.05) is 26.2 Å². The van der Waals surface area contributed by atoms with E-state index < -0.39 is 10.0 Å². The summed E-state index contributed by atoms with van der Waals surface area (Å²) in [4.78, 5) is 2.92. The number of benzene rings is 1. The van der Waals surface area contributed by atoms with E-state index in [-0.39, 0.29) is 0 Å². The van der Waals surface area contributed by atoms with Crippen molar-refractivity contribution in [3.05, 3.63) is 30.3 Å². The van der Waals surface area contributed by atoms with Crippen LogP contribution in [0.15, 0.2) is 35.2 Å². The molecule has 0 aromatic heterocycles. The van der Waals surface area contributed by atoms with Crippen molar-refractivity contribution in [3.63, 3.8) is 0 Å². The molecule has 1 aromatic carbocycles. The van der Waals surface area contributed by atoms with Crippen LogP contribution in [0.3, 0.4) is 0 Å². The number of hydrogen-bond donors (Lipinski definition) is 0. The van der Waals surface area contributed by atoms with E-state index >= 15 is 0 Å². The second-order valence-corrected chi connectivity index (χ2v) is 8.62. The van der Waals surface area contributed by atoms with Gasteiger partial charge in [-0.2, -0.15) is 4.31 Å². The zero-order chi connectivity index (χ0) is 15.6. The molecule has 1 saturated heterocycles. The minimum Gasteiger partial charge on any atom is -0.298 e. The summed E-state index contributed by atoms with van der Waals surface area (Å²) in [5, 5.41) is 0. The zero-order valence-electron chi connectivity index (χ0n) is 13.3. The molecule has 0 N–H and O–H groups in total. The van der Waals surface area contributed by atoms with Gasteiger partial charge in [-0.15, -0.1) is 0 Å². The Labute approximate surface area is 134 Å². The summed E-state index contributed by atoms with van der Waals surface area (Å²) < 4.78 is 26.9. The van der Waals surface area contributed by atoms with E-state index in [1.165, 1.54) is 25.7 Å². The average molecular weight is 322 g/mol. The van der Waals surface area contributed by atoms with Gasteiger partial charge in [-0.25, -0.2) is 8.42 Å². The summed E-state index contributed by atoms with van der Waals surface area (Å²) in [7, 11) is -3.32. The first-order chi connectivity index (χ1) is 10.6. The summed E-state index contributed by atoms with van der Waals surface area (Å²) in [5.41, 5.74) is 0. The van der Waals surface area contributed by atoms with Crippen molar-refractivity contribution in [2.24, 2.45) is 5.92 Å². The van der Waals surface area contributed by atoms with Gasteiger partial charge in [-0.1, -0.05) is 38.0 Å². The first-order valence-electron chi connectivity index (χ1n) is 8.36. The van der Waals surface area contributed by atoms with Crippen molar-refractivity contribution < 1.29 is 8.42 Å². The molecule has 2 fully saturated rings. The summed E-state index contributed by atoms with van der Waals surface area (Å²) in [6.45, 7) is 5.29. The van der Waals surface area contributed by atoms with Gasteiger partial charge in [0.2, 0.25) is 10.0 Å². The quantitative estimate of drug-likeness (QED) is 0.859. The molecule has 2 aliphatic rings. The summed E-state index contributed by atoms with van der Waals surface area (Å²) in [6, 6.07) is 9.44. The van der Waals surface area contributed by atoms with Crippen LogP contribution in [0.5, 0.6) is 0 Å². The average Bonchev–Trinajstić information content (AvgIpc) is 2.56. The smallest absolute Gasteiger partial charge is 0.243 e. The number of hydrogen-bond acceptors (Lipinski definition) is 3. The van der Waals surface area contributed by atoms with Gasteiger partial charge in [0.15, 0.2) is 0 Å². The SMILES string of the molecule is C[C@@H]1CCC[C@@H](N2CCN(S(=O)(=O)c3ccccc3)CC2)C1. The maximum absolute atomic E-state index is 12.6. The van der Waals surface area contributed by atoms with Gasteiger partial charge in [-0.3, -0.25) is 4.90 Å². The fourth-order valence-electron chi connectivity index (χ4n) is 3.78. The molecule has 0 amide bonds. The zero-order valence-corrected chi connectivity index (χ0v) is 14.1. The number of sulfonamides is 1. The van der Waals surface area contributed by atoms with Gasteiger partial charge < -0.3 is 0 Å². The Bertz CT molecular complexity index is 580. The molecule has 3 rings (SSSR count). The summed E-state index contributed by atoms with van der Waals surface area (Å²) in [5.74, 6) is 0.810. The molecule has 1 saturated carbocycles. The highest BCUT2D eigenvalue weighted by Gasteiger charge is 2.32. The number of nitrogens with zero attached hydrogens (tertiary/aromatic N) is 2. The Hall–Kier alpha value is -0.910. The Balaban J connectivity index is 1.62. The highest BCUT2D eigenvalue weighted by atomic mass is 32.2. The Morgan fingerprint density at radius 3 is 2.32 bits per heavy atom. The lowest BCUT2D eigenvalue weighted by Gasteiger charge is -2.41. The maximum atomic E-state index is 12.6. The van der Waals surface area contributed by atoms with E-state index in [1.54, 1.807) is 28.6 Å². The molecule has 1 aromatic rings. The maximum Gasteiger partial charge on any atom is 0.243 e. The van der Waals surface area contributed by atoms with Gasteiger partial charge in [-0.05, 0) is 30.9 Å². The first kappa shape index (κ1) is 16.0. The van der Waals surface area contributed by atoms with Crippen LogP contribution in [-0.2, 0) is 10.0 Å². The molecule has 0 radical (unpaired) electrons. The molecule has 2 atom stereocenters. The lowest BCUT2D eigenvalue weighted by Crippen LogP contribution is -2.52. The van der Waals surface area contributed by atoms with Gasteiger partial charge in [0.05, 0.1) is 4.90 Å². The van der Waals surface area contributed by atoms with Crippen molar-refractivity contribution in [2.45, 2.75) is 43.5 Å². The highest BCUT2D eigenvalue weighted by molar-refractivity contribution is 7.89. The molecule has 22 heavy (non-hydrogen) atoms. The molecule has 0 spiro atoms. The summed E-state index contributed by atoms with van der Waals surface area (Å²) in [6.07, 6.45) is 5.20. The van der Waals surface area contributed by atoms with Gasteiger partial charge in [0.25, 0.3) is 0 Å². The third-order valence-corrected chi connectivity index (χ3v) is 6.99. The van der Waals surface area contributed by atoms with Crippen molar-refractivity contribution >= 4 is 10.0 Å². The van der Waals surface area contributed by atoms with Crippen LogP contribution < -0.4 is 0 Å². The predicted octanol–water partition coefficient (Wildman–Crippen LogP) is 2.57. The van der Waals surface area contributed by atoms with Crippen LogP contribution in [0.1, 0.15) is 32.6 Å². The van der Waals surface area contributed by atoms with E-state index in [0.717, 1.165) is 19.0 Å². The van der Waals surface area contributed by atoms with Crippen LogP contribution in [-0.4, -0.2) is 49.8 Å². The minimum atomic E-state index is -3.32. The highest BCUT2D eigenvalue weighted by Crippen LogP contribution is 2.28. The fourth-order valence-corrected chi connectivity index (χ4v) is 5.23. The second kappa shape index (κ2) is 6.69. The normalized spacial score (nSPS) is 28.6. The Kier molecular flexibility index (Phi) is 4.85. The molecule has 1 aliphatic carbocycles.